The van der Waals surface area contributed by atoms with Gasteiger partial charge in [0.25, 0.3) is 5.91 Å². The lowest BCUT2D eigenvalue weighted by atomic mass is 9.75. The lowest BCUT2D eigenvalue weighted by Crippen LogP contribution is -2.60. The third kappa shape index (κ3) is 2.63. The molecule has 2 aromatic carbocycles. The maximum Gasteiger partial charge on any atom is 0.255 e. The molecular formula is C23H22FN3O. The Morgan fingerprint density at radius 1 is 1.04 bits per heavy atom. The van der Waals surface area contributed by atoms with Crippen molar-refractivity contribution < 1.29 is 9.18 Å². The number of rotatable bonds is 2. The predicted molar refractivity (Wildman–Crippen MR) is 103 cm³/mol. The Morgan fingerprint density at radius 2 is 1.75 bits per heavy atom. The van der Waals surface area contributed by atoms with Gasteiger partial charge < -0.3 is 4.90 Å². The molecule has 4 nitrogen and oxygen atoms in total. The average Bonchev–Trinajstić information content (AvgIpc) is 3.17. The van der Waals surface area contributed by atoms with Crippen LogP contribution >= 0.6 is 0 Å². The molecule has 0 unspecified atom stereocenters. The van der Waals surface area contributed by atoms with E-state index in [1.807, 2.05) is 23.1 Å². The zero-order valence-corrected chi connectivity index (χ0v) is 15.6. The Labute approximate surface area is 164 Å². The van der Waals surface area contributed by atoms with E-state index in [9.17, 15) is 14.4 Å². The summed E-state index contributed by atoms with van der Waals surface area (Å²) in [6.07, 6.45) is 2.22. The molecule has 28 heavy (non-hydrogen) atoms. The molecule has 5 heteroatoms. The van der Waals surface area contributed by atoms with Crippen LogP contribution in [0.3, 0.4) is 0 Å². The van der Waals surface area contributed by atoms with Crippen LogP contribution in [0.2, 0.25) is 0 Å². The molecule has 0 aromatic heterocycles. The van der Waals surface area contributed by atoms with Crippen molar-refractivity contribution >= 4 is 5.91 Å². The van der Waals surface area contributed by atoms with Gasteiger partial charge in [0.2, 0.25) is 0 Å². The maximum absolute atomic E-state index is 13.5. The van der Waals surface area contributed by atoms with Gasteiger partial charge >= 0.3 is 0 Å². The van der Waals surface area contributed by atoms with Gasteiger partial charge in [-0.15, -0.1) is 0 Å². The van der Waals surface area contributed by atoms with E-state index in [0.29, 0.717) is 23.6 Å². The number of carbonyl (C=O) groups is 1. The van der Waals surface area contributed by atoms with Crippen molar-refractivity contribution in [3.63, 3.8) is 0 Å². The standard InChI is InChI=1S/C23H22FN3O/c24-18-7-5-15(6-8-18)20-14-27(21-16-9-11-26(12-10-16)22(20)21)23(28)19-4-2-1-3-17(19)13-25/h1-8,16,20-22H,9-12,14H2/t20-,21+,22+/m0/s1. The molecule has 1 amide bonds. The van der Waals surface area contributed by atoms with Gasteiger partial charge in [0.15, 0.2) is 0 Å². The van der Waals surface area contributed by atoms with Crippen molar-refractivity contribution in [3.8, 4) is 6.07 Å². The van der Waals surface area contributed by atoms with Gasteiger partial charge in [0.1, 0.15) is 5.82 Å². The number of hydrogen-bond acceptors (Lipinski definition) is 3. The first-order valence-corrected chi connectivity index (χ1v) is 9.97. The molecule has 142 valence electrons. The summed E-state index contributed by atoms with van der Waals surface area (Å²) in [4.78, 5) is 18.0. The summed E-state index contributed by atoms with van der Waals surface area (Å²) in [6, 6.07) is 16.4. The third-order valence-electron chi connectivity index (χ3n) is 6.83. The molecular weight excluding hydrogens is 353 g/mol. The summed E-state index contributed by atoms with van der Waals surface area (Å²) >= 11 is 0. The van der Waals surface area contributed by atoms with Crippen molar-refractivity contribution in [2.75, 3.05) is 19.6 Å². The molecule has 4 saturated heterocycles. The topological polar surface area (TPSA) is 47.3 Å². The van der Waals surface area contributed by atoms with Crippen LogP contribution in [0, 0.1) is 23.1 Å². The largest absolute Gasteiger partial charge is 0.333 e. The van der Waals surface area contributed by atoms with Crippen LogP contribution in [0.5, 0.6) is 0 Å². The van der Waals surface area contributed by atoms with E-state index < -0.39 is 0 Å². The van der Waals surface area contributed by atoms with Crippen LogP contribution in [0.4, 0.5) is 4.39 Å². The van der Waals surface area contributed by atoms with E-state index in [4.69, 9.17) is 0 Å². The lowest BCUT2D eigenvalue weighted by Gasteiger charge is -2.51. The third-order valence-corrected chi connectivity index (χ3v) is 6.83. The summed E-state index contributed by atoms with van der Waals surface area (Å²) < 4.78 is 13.5. The van der Waals surface area contributed by atoms with Gasteiger partial charge in [-0.05, 0) is 61.7 Å². The molecule has 0 N–H and O–H groups in total. The fraction of sp³-hybridized carbons (Fsp3) is 0.391. The molecule has 2 aromatic rings. The van der Waals surface area contributed by atoms with Gasteiger partial charge in [-0.2, -0.15) is 5.26 Å². The minimum Gasteiger partial charge on any atom is -0.333 e. The molecule has 0 radical (unpaired) electrons. The Kier molecular flexibility index (Phi) is 4.17. The number of halogens is 1. The normalized spacial score (nSPS) is 30.7. The highest BCUT2D eigenvalue weighted by atomic mass is 19.1. The van der Waals surface area contributed by atoms with E-state index in [1.54, 1.807) is 18.2 Å². The smallest absolute Gasteiger partial charge is 0.255 e. The molecule has 3 atom stereocenters. The molecule has 4 heterocycles. The highest BCUT2D eigenvalue weighted by Crippen LogP contribution is 2.47. The van der Waals surface area contributed by atoms with Crippen molar-refractivity contribution in [2.24, 2.45) is 5.92 Å². The van der Waals surface area contributed by atoms with E-state index in [1.165, 1.54) is 12.1 Å². The summed E-state index contributed by atoms with van der Waals surface area (Å²) in [7, 11) is 0. The van der Waals surface area contributed by atoms with Crippen molar-refractivity contribution in [3.05, 3.63) is 71.0 Å². The lowest BCUT2D eigenvalue weighted by molar-refractivity contribution is -0.00341. The SMILES string of the molecule is N#Cc1ccccc1C(=O)N1C[C@@H](c2ccc(F)cc2)[C@@H]2[C@H]1C1CCN2CC1. The summed E-state index contributed by atoms with van der Waals surface area (Å²) in [6.45, 7) is 2.76. The highest BCUT2D eigenvalue weighted by Gasteiger charge is 2.54. The summed E-state index contributed by atoms with van der Waals surface area (Å²) in [5.74, 6) is 0.385. The van der Waals surface area contributed by atoms with Crippen molar-refractivity contribution in [1.29, 1.82) is 5.26 Å². The summed E-state index contributed by atoms with van der Waals surface area (Å²) in [5, 5.41) is 9.44. The van der Waals surface area contributed by atoms with Crippen LogP contribution < -0.4 is 0 Å². The molecule has 0 aliphatic carbocycles. The van der Waals surface area contributed by atoms with Crippen LogP contribution in [-0.2, 0) is 0 Å². The van der Waals surface area contributed by atoms with Gasteiger partial charge in [-0.3, -0.25) is 9.69 Å². The summed E-state index contributed by atoms with van der Waals surface area (Å²) in [5.41, 5.74) is 2.00. The zero-order valence-electron chi connectivity index (χ0n) is 15.6. The molecule has 0 saturated carbocycles. The molecule has 2 bridgehead atoms. The Bertz CT molecular complexity index is 943. The Balaban J connectivity index is 1.54. The fourth-order valence-corrected chi connectivity index (χ4v) is 5.58. The first-order chi connectivity index (χ1) is 13.7. The first-order valence-electron chi connectivity index (χ1n) is 9.97. The Morgan fingerprint density at radius 3 is 2.46 bits per heavy atom. The van der Waals surface area contributed by atoms with E-state index >= 15 is 0 Å². The van der Waals surface area contributed by atoms with Crippen LogP contribution in [-0.4, -0.2) is 47.4 Å². The second kappa shape index (κ2) is 6.72. The minimum absolute atomic E-state index is 0.0505. The molecule has 0 spiro atoms. The highest BCUT2D eigenvalue weighted by molar-refractivity contribution is 5.97. The Hall–Kier alpha value is -2.71. The monoisotopic (exact) mass is 375 g/mol. The zero-order chi connectivity index (χ0) is 19.3. The second-order valence-corrected chi connectivity index (χ2v) is 8.13. The van der Waals surface area contributed by atoms with Crippen LogP contribution in [0.1, 0.15) is 40.2 Å². The number of piperidine rings is 3. The van der Waals surface area contributed by atoms with E-state index in [0.717, 1.165) is 31.5 Å². The van der Waals surface area contributed by atoms with Gasteiger partial charge in [0, 0.05) is 18.5 Å². The average molecular weight is 375 g/mol. The number of nitriles is 1. The van der Waals surface area contributed by atoms with Crippen molar-refractivity contribution in [1.82, 2.24) is 9.80 Å². The maximum atomic E-state index is 13.5. The number of fused-ring (bicyclic) bond motifs is 2. The first kappa shape index (κ1) is 17.4. The van der Waals surface area contributed by atoms with E-state index in [2.05, 4.69) is 11.0 Å². The molecule has 6 rings (SSSR count). The van der Waals surface area contributed by atoms with E-state index in [-0.39, 0.29) is 29.7 Å². The van der Waals surface area contributed by atoms with Crippen LogP contribution in [0.15, 0.2) is 48.5 Å². The molecule has 4 aliphatic heterocycles. The van der Waals surface area contributed by atoms with Gasteiger partial charge in [-0.25, -0.2) is 4.39 Å². The molecule has 4 aliphatic rings. The van der Waals surface area contributed by atoms with Gasteiger partial charge in [-0.1, -0.05) is 24.3 Å². The minimum atomic E-state index is -0.236. The van der Waals surface area contributed by atoms with Crippen molar-refractivity contribution in [2.45, 2.75) is 30.8 Å². The fourth-order valence-electron chi connectivity index (χ4n) is 5.58. The van der Waals surface area contributed by atoms with Crippen LogP contribution in [0.25, 0.3) is 0 Å². The number of benzene rings is 2. The quantitative estimate of drug-likeness (QED) is 0.808. The number of carbonyl (C=O) groups excluding carboxylic acids is 1. The second-order valence-electron chi connectivity index (χ2n) is 8.13. The number of amides is 1. The number of nitrogens with zero attached hydrogens (tertiary/aromatic N) is 3. The number of likely N-dealkylation sites (tertiary alicyclic amines) is 1. The predicted octanol–water partition coefficient (Wildman–Crippen LogP) is 3.40. The van der Waals surface area contributed by atoms with Gasteiger partial charge in [0.05, 0.1) is 23.2 Å². The molecule has 4 fully saturated rings. The number of hydrogen-bond donors (Lipinski definition) is 0.